The second-order valence-electron chi connectivity index (χ2n) is 6.42. The summed E-state index contributed by atoms with van der Waals surface area (Å²) in [6.07, 6.45) is 0. The van der Waals surface area contributed by atoms with Crippen molar-refractivity contribution in [1.29, 1.82) is 0 Å². The van der Waals surface area contributed by atoms with Crippen LogP contribution < -0.4 is 21.3 Å². The van der Waals surface area contributed by atoms with E-state index in [2.05, 4.69) is 47.0 Å². The molecule has 0 aliphatic rings. The zero-order valence-electron chi connectivity index (χ0n) is 15.8. The molecule has 2 amide bonds. The van der Waals surface area contributed by atoms with Crippen LogP contribution in [0, 0.1) is 5.92 Å². The third-order valence-corrected chi connectivity index (χ3v) is 3.07. The highest BCUT2D eigenvalue weighted by Gasteiger charge is 2.03. The molecule has 0 radical (unpaired) electrons. The molecular formula is C18H32IN5O. The molecule has 0 spiro atoms. The summed E-state index contributed by atoms with van der Waals surface area (Å²) in [6.45, 7) is 12.5. The van der Waals surface area contributed by atoms with Gasteiger partial charge in [-0.25, -0.2) is 9.79 Å². The molecule has 0 saturated carbocycles. The second-order valence-corrected chi connectivity index (χ2v) is 6.42. The Morgan fingerprint density at radius 1 is 1.08 bits per heavy atom. The Bertz CT molecular complexity index is 529. The lowest BCUT2D eigenvalue weighted by atomic mass is 10.2. The van der Waals surface area contributed by atoms with Gasteiger partial charge in [0.2, 0.25) is 0 Å². The molecule has 4 N–H and O–H groups in total. The first kappa shape index (κ1) is 23.5. The molecule has 0 aromatic heterocycles. The van der Waals surface area contributed by atoms with E-state index in [-0.39, 0.29) is 36.0 Å². The number of guanidine groups is 1. The molecule has 6 nitrogen and oxygen atoms in total. The van der Waals surface area contributed by atoms with Gasteiger partial charge in [-0.1, -0.05) is 26.0 Å². The zero-order chi connectivity index (χ0) is 17.9. The lowest BCUT2D eigenvalue weighted by Crippen LogP contribution is -2.39. The molecule has 0 aliphatic carbocycles. The van der Waals surface area contributed by atoms with E-state index in [9.17, 15) is 4.79 Å². The van der Waals surface area contributed by atoms with Crippen molar-refractivity contribution in [3.05, 3.63) is 29.8 Å². The zero-order valence-corrected chi connectivity index (χ0v) is 18.2. The molecule has 0 heterocycles. The van der Waals surface area contributed by atoms with Crippen LogP contribution in [0.5, 0.6) is 0 Å². The summed E-state index contributed by atoms with van der Waals surface area (Å²) in [7, 11) is 0. The maximum absolute atomic E-state index is 11.7. The van der Waals surface area contributed by atoms with E-state index in [0.29, 0.717) is 12.5 Å². The number of rotatable bonds is 7. The standard InChI is InChI=1S/C18H31N5O.HI/c1-6-19-17(20-11-13(2)3)21-12-15-7-9-16(10-8-15)23-18(24)22-14(4)5;/h7-10,13-14H,6,11-12H2,1-5H3,(H2,19,20,21)(H2,22,23,24);1H. The van der Waals surface area contributed by atoms with Crippen LogP contribution in [0.1, 0.15) is 40.2 Å². The van der Waals surface area contributed by atoms with Gasteiger partial charge in [-0.3, -0.25) is 0 Å². The molecule has 0 bridgehead atoms. The van der Waals surface area contributed by atoms with Gasteiger partial charge in [0.05, 0.1) is 6.54 Å². The van der Waals surface area contributed by atoms with Gasteiger partial charge in [0.1, 0.15) is 0 Å². The number of anilines is 1. The van der Waals surface area contributed by atoms with Crippen LogP contribution in [-0.4, -0.2) is 31.1 Å². The van der Waals surface area contributed by atoms with E-state index in [0.717, 1.165) is 30.3 Å². The van der Waals surface area contributed by atoms with Crippen molar-refractivity contribution in [3.8, 4) is 0 Å². The van der Waals surface area contributed by atoms with Crippen LogP contribution >= 0.6 is 24.0 Å². The Morgan fingerprint density at radius 3 is 2.24 bits per heavy atom. The molecule has 0 saturated heterocycles. The van der Waals surface area contributed by atoms with Crippen LogP contribution in [0.3, 0.4) is 0 Å². The molecule has 0 fully saturated rings. The van der Waals surface area contributed by atoms with Gasteiger partial charge in [-0.2, -0.15) is 0 Å². The topological polar surface area (TPSA) is 77.5 Å². The van der Waals surface area contributed by atoms with Crippen LogP contribution in [0.4, 0.5) is 10.5 Å². The summed E-state index contributed by atoms with van der Waals surface area (Å²) in [5, 5.41) is 12.2. The molecule has 1 aromatic carbocycles. The number of hydrogen-bond acceptors (Lipinski definition) is 2. The van der Waals surface area contributed by atoms with E-state index in [1.165, 1.54) is 0 Å². The number of nitrogens with one attached hydrogen (secondary N) is 4. The predicted molar refractivity (Wildman–Crippen MR) is 117 cm³/mol. The fourth-order valence-electron chi connectivity index (χ4n) is 1.94. The van der Waals surface area contributed by atoms with Crippen LogP contribution in [0.15, 0.2) is 29.3 Å². The Balaban J connectivity index is 0.00000576. The van der Waals surface area contributed by atoms with Crippen molar-refractivity contribution < 1.29 is 4.79 Å². The van der Waals surface area contributed by atoms with Crippen molar-refractivity contribution >= 4 is 41.7 Å². The molecule has 1 aromatic rings. The first-order valence-corrected chi connectivity index (χ1v) is 8.59. The number of carbonyl (C=O) groups is 1. The van der Waals surface area contributed by atoms with Gasteiger partial charge < -0.3 is 21.3 Å². The monoisotopic (exact) mass is 461 g/mol. The molecule has 25 heavy (non-hydrogen) atoms. The average Bonchev–Trinajstić information content (AvgIpc) is 2.50. The fourth-order valence-corrected chi connectivity index (χ4v) is 1.94. The number of carbonyl (C=O) groups excluding carboxylic acids is 1. The largest absolute Gasteiger partial charge is 0.357 e. The Kier molecular flexibility index (Phi) is 12.0. The molecule has 7 heteroatoms. The Hall–Kier alpha value is -1.51. The Morgan fingerprint density at radius 2 is 1.72 bits per heavy atom. The van der Waals surface area contributed by atoms with E-state index in [1.54, 1.807) is 0 Å². The third kappa shape index (κ3) is 10.9. The SMILES string of the molecule is CCNC(=NCc1ccc(NC(=O)NC(C)C)cc1)NCC(C)C.I. The predicted octanol–water partition coefficient (Wildman–Crippen LogP) is 3.55. The minimum atomic E-state index is -0.192. The Labute approximate surface area is 168 Å². The van der Waals surface area contributed by atoms with Gasteiger partial charge in [0.15, 0.2) is 5.96 Å². The quantitative estimate of drug-likeness (QED) is 0.285. The van der Waals surface area contributed by atoms with E-state index in [1.807, 2.05) is 38.1 Å². The van der Waals surface area contributed by atoms with Crippen molar-refractivity contribution in [1.82, 2.24) is 16.0 Å². The molecule has 0 aliphatic heterocycles. The van der Waals surface area contributed by atoms with Gasteiger partial charge in [-0.15, -0.1) is 24.0 Å². The van der Waals surface area contributed by atoms with Crippen molar-refractivity contribution in [2.24, 2.45) is 10.9 Å². The van der Waals surface area contributed by atoms with E-state index < -0.39 is 0 Å². The van der Waals surface area contributed by atoms with E-state index in [4.69, 9.17) is 0 Å². The molecule has 0 atom stereocenters. The smallest absolute Gasteiger partial charge is 0.319 e. The van der Waals surface area contributed by atoms with E-state index >= 15 is 0 Å². The number of urea groups is 1. The minimum absolute atomic E-state index is 0. The number of benzene rings is 1. The van der Waals surface area contributed by atoms with Crippen LogP contribution in [0.2, 0.25) is 0 Å². The number of hydrogen-bond donors (Lipinski definition) is 4. The summed E-state index contributed by atoms with van der Waals surface area (Å²) in [4.78, 5) is 16.2. The second kappa shape index (κ2) is 12.8. The van der Waals surface area contributed by atoms with Crippen LogP contribution in [0.25, 0.3) is 0 Å². The summed E-state index contributed by atoms with van der Waals surface area (Å²) < 4.78 is 0. The van der Waals surface area contributed by atoms with Gasteiger partial charge >= 0.3 is 6.03 Å². The number of nitrogens with zero attached hydrogens (tertiary/aromatic N) is 1. The highest BCUT2D eigenvalue weighted by atomic mass is 127. The summed E-state index contributed by atoms with van der Waals surface area (Å²) in [5.41, 5.74) is 1.86. The first-order valence-electron chi connectivity index (χ1n) is 8.59. The minimum Gasteiger partial charge on any atom is -0.357 e. The van der Waals surface area contributed by atoms with Gasteiger partial charge in [-0.05, 0) is 44.4 Å². The highest BCUT2D eigenvalue weighted by molar-refractivity contribution is 14.0. The van der Waals surface area contributed by atoms with Crippen molar-refractivity contribution in [3.63, 3.8) is 0 Å². The summed E-state index contributed by atoms with van der Waals surface area (Å²) in [6, 6.07) is 7.64. The molecule has 142 valence electrons. The fraction of sp³-hybridized carbons (Fsp3) is 0.556. The molecule has 1 rings (SSSR count). The normalized spacial score (nSPS) is 11.1. The maximum atomic E-state index is 11.7. The number of amides is 2. The lowest BCUT2D eigenvalue weighted by Gasteiger charge is -2.13. The highest BCUT2D eigenvalue weighted by Crippen LogP contribution is 2.10. The van der Waals surface area contributed by atoms with Crippen molar-refractivity contribution in [2.75, 3.05) is 18.4 Å². The van der Waals surface area contributed by atoms with Gasteiger partial charge in [0, 0.05) is 24.8 Å². The van der Waals surface area contributed by atoms with Gasteiger partial charge in [0.25, 0.3) is 0 Å². The maximum Gasteiger partial charge on any atom is 0.319 e. The summed E-state index contributed by atoms with van der Waals surface area (Å²) in [5.74, 6) is 1.39. The average molecular weight is 461 g/mol. The third-order valence-electron chi connectivity index (χ3n) is 3.07. The molecular weight excluding hydrogens is 429 g/mol. The number of aliphatic imine (C=N–C) groups is 1. The molecule has 0 unspecified atom stereocenters. The first-order chi connectivity index (χ1) is 11.4. The van der Waals surface area contributed by atoms with Crippen LogP contribution in [-0.2, 0) is 6.54 Å². The number of halogens is 1. The summed E-state index contributed by atoms with van der Waals surface area (Å²) >= 11 is 0. The van der Waals surface area contributed by atoms with Crippen molar-refractivity contribution in [2.45, 2.75) is 47.2 Å². The lowest BCUT2D eigenvalue weighted by molar-refractivity contribution is 0.250.